The summed E-state index contributed by atoms with van der Waals surface area (Å²) in [5.41, 5.74) is -0.0126. The molecule has 6 heteroatoms. The number of amides is 1. The van der Waals surface area contributed by atoms with Crippen LogP contribution in [0.15, 0.2) is 24.3 Å². The number of nitrogens with two attached hydrogens (primary N) is 1. The van der Waals surface area contributed by atoms with Crippen molar-refractivity contribution < 1.29 is 9.72 Å². The maximum Gasteiger partial charge on any atom is 0.294 e. The summed E-state index contributed by atoms with van der Waals surface area (Å²) in [5.74, 6) is 5.47. The maximum atomic E-state index is 12.1. The molecule has 1 rings (SSSR count). The van der Waals surface area contributed by atoms with Crippen molar-refractivity contribution in [3.8, 4) is 0 Å². The number of para-hydroxylation sites is 2. The van der Waals surface area contributed by atoms with Crippen LogP contribution in [-0.2, 0) is 4.79 Å². The Balaban J connectivity index is 2.34. The van der Waals surface area contributed by atoms with Crippen LogP contribution in [0.25, 0.3) is 0 Å². The van der Waals surface area contributed by atoms with Crippen LogP contribution in [0.5, 0.6) is 0 Å². The Morgan fingerprint density at radius 1 is 1.09 bits per heavy atom. The van der Waals surface area contributed by atoms with Crippen LogP contribution in [0.1, 0.15) is 64.7 Å². The van der Waals surface area contributed by atoms with Crippen LogP contribution < -0.4 is 10.9 Å². The first-order valence-electron chi connectivity index (χ1n) is 8.39. The Labute approximate surface area is 137 Å². The SMILES string of the molecule is CCCCCCCCCCC(=O)N(N)c1ccccc1[N+](=O)[O-]. The molecule has 0 bridgehead atoms. The van der Waals surface area contributed by atoms with Crippen molar-refractivity contribution in [2.45, 2.75) is 64.7 Å². The van der Waals surface area contributed by atoms with Crippen LogP contribution in [0, 0.1) is 10.1 Å². The number of rotatable bonds is 11. The van der Waals surface area contributed by atoms with Gasteiger partial charge in [0.1, 0.15) is 5.69 Å². The van der Waals surface area contributed by atoms with E-state index in [1.165, 1.54) is 44.2 Å². The van der Waals surface area contributed by atoms with E-state index in [9.17, 15) is 14.9 Å². The number of nitrogens with zero attached hydrogens (tertiary/aromatic N) is 2. The molecule has 0 heterocycles. The number of hydrogen-bond donors (Lipinski definition) is 1. The summed E-state index contributed by atoms with van der Waals surface area (Å²) in [4.78, 5) is 22.5. The van der Waals surface area contributed by atoms with Gasteiger partial charge in [-0.2, -0.15) is 0 Å². The minimum absolute atomic E-state index is 0.141. The van der Waals surface area contributed by atoms with Gasteiger partial charge in [-0.15, -0.1) is 0 Å². The molecule has 0 aliphatic heterocycles. The summed E-state index contributed by atoms with van der Waals surface area (Å²) in [6.07, 6.45) is 9.45. The fourth-order valence-corrected chi connectivity index (χ4v) is 2.49. The lowest BCUT2D eigenvalue weighted by atomic mass is 10.1. The molecule has 0 aliphatic carbocycles. The van der Waals surface area contributed by atoms with Gasteiger partial charge in [0.2, 0.25) is 5.91 Å². The largest absolute Gasteiger partial charge is 0.294 e. The second-order valence-electron chi connectivity index (χ2n) is 5.73. The van der Waals surface area contributed by atoms with Gasteiger partial charge in [0.15, 0.2) is 0 Å². The Kier molecular flexibility index (Phi) is 8.90. The van der Waals surface area contributed by atoms with Crippen molar-refractivity contribution in [1.82, 2.24) is 0 Å². The van der Waals surface area contributed by atoms with Crippen molar-refractivity contribution in [2.75, 3.05) is 5.01 Å². The summed E-state index contributed by atoms with van der Waals surface area (Å²) < 4.78 is 0. The first-order valence-corrected chi connectivity index (χ1v) is 8.39. The molecule has 23 heavy (non-hydrogen) atoms. The van der Waals surface area contributed by atoms with Gasteiger partial charge in [-0.05, 0) is 12.5 Å². The Morgan fingerprint density at radius 3 is 2.26 bits per heavy atom. The van der Waals surface area contributed by atoms with Gasteiger partial charge in [0.05, 0.1) is 4.92 Å². The highest BCUT2D eigenvalue weighted by atomic mass is 16.6. The van der Waals surface area contributed by atoms with Crippen molar-refractivity contribution in [2.24, 2.45) is 5.84 Å². The average molecular weight is 321 g/mol. The van der Waals surface area contributed by atoms with E-state index < -0.39 is 4.92 Å². The normalized spacial score (nSPS) is 10.5. The maximum absolute atomic E-state index is 12.1. The van der Waals surface area contributed by atoms with E-state index in [4.69, 9.17) is 5.84 Å². The smallest absolute Gasteiger partial charge is 0.273 e. The summed E-state index contributed by atoms with van der Waals surface area (Å²) in [5, 5.41) is 11.9. The molecule has 1 aromatic carbocycles. The van der Waals surface area contributed by atoms with Gasteiger partial charge in [-0.25, -0.2) is 10.9 Å². The number of hydrogen-bond acceptors (Lipinski definition) is 4. The number of anilines is 1. The van der Waals surface area contributed by atoms with E-state index in [0.29, 0.717) is 6.42 Å². The van der Waals surface area contributed by atoms with E-state index in [0.717, 1.165) is 24.3 Å². The van der Waals surface area contributed by atoms with Crippen molar-refractivity contribution in [1.29, 1.82) is 0 Å². The summed E-state index contributed by atoms with van der Waals surface area (Å²) in [7, 11) is 0. The van der Waals surface area contributed by atoms with E-state index in [-0.39, 0.29) is 17.3 Å². The van der Waals surface area contributed by atoms with Crippen molar-refractivity contribution >= 4 is 17.3 Å². The summed E-state index contributed by atoms with van der Waals surface area (Å²) in [6, 6.07) is 6.02. The van der Waals surface area contributed by atoms with Crippen LogP contribution in [0.3, 0.4) is 0 Å². The average Bonchev–Trinajstić information content (AvgIpc) is 2.56. The molecule has 128 valence electrons. The predicted octanol–water partition coefficient (Wildman–Crippen LogP) is 4.33. The number of benzene rings is 1. The molecule has 1 aromatic rings. The second kappa shape index (κ2) is 10.7. The van der Waals surface area contributed by atoms with Crippen LogP contribution in [0.4, 0.5) is 11.4 Å². The molecule has 0 atom stereocenters. The summed E-state index contributed by atoms with van der Waals surface area (Å²) >= 11 is 0. The molecule has 2 N–H and O–H groups in total. The number of nitro benzene ring substituents is 1. The number of carbonyl (C=O) groups is 1. The third-order valence-corrected chi connectivity index (χ3v) is 3.85. The number of hydrazine groups is 1. The first-order chi connectivity index (χ1) is 11.1. The van der Waals surface area contributed by atoms with Gasteiger partial charge in [-0.3, -0.25) is 14.9 Å². The van der Waals surface area contributed by atoms with E-state index in [2.05, 4.69) is 6.92 Å². The lowest BCUT2D eigenvalue weighted by Crippen LogP contribution is -2.37. The van der Waals surface area contributed by atoms with Gasteiger partial charge in [0.25, 0.3) is 5.69 Å². The van der Waals surface area contributed by atoms with Crippen LogP contribution in [0.2, 0.25) is 0 Å². The molecular formula is C17H27N3O3. The fraction of sp³-hybridized carbons (Fsp3) is 0.588. The minimum atomic E-state index is -0.529. The molecule has 0 spiro atoms. The Morgan fingerprint density at radius 2 is 1.65 bits per heavy atom. The zero-order chi connectivity index (χ0) is 17.1. The quantitative estimate of drug-likeness (QED) is 0.216. The van der Waals surface area contributed by atoms with Crippen molar-refractivity contribution in [3.05, 3.63) is 34.4 Å². The lowest BCUT2D eigenvalue weighted by molar-refractivity contribution is -0.384. The molecule has 1 amide bonds. The third-order valence-electron chi connectivity index (χ3n) is 3.85. The highest BCUT2D eigenvalue weighted by Crippen LogP contribution is 2.26. The molecule has 0 saturated heterocycles. The van der Waals surface area contributed by atoms with Gasteiger partial charge in [0, 0.05) is 12.5 Å². The number of carbonyl (C=O) groups excluding carboxylic acids is 1. The standard InChI is InChI=1S/C17H27N3O3/c1-2-3-4-5-6-7-8-9-14-17(21)19(18)15-12-10-11-13-16(15)20(22)23/h10-13H,2-9,14,18H2,1H3. The Bertz CT molecular complexity index is 506. The van der Waals surface area contributed by atoms with Crippen molar-refractivity contribution in [3.63, 3.8) is 0 Å². The summed E-state index contributed by atoms with van der Waals surface area (Å²) in [6.45, 7) is 2.20. The van der Waals surface area contributed by atoms with Gasteiger partial charge < -0.3 is 0 Å². The van der Waals surface area contributed by atoms with Gasteiger partial charge in [-0.1, -0.05) is 64.0 Å². The first kappa shape index (κ1) is 19.1. The van der Waals surface area contributed by atoms with Gasteiger partial charge >= 0.3 is 0 Å². The molecule has 0 unspecified atom stereocenters. The fourth-order valence-electron chi connectivity index (χ4n) is 2.49. The molecule has 0 aliphatic rings. The van der Waals surface area contributed by atoms with E-state index in [1.807, 2.05) is 0 Å². The third kappa shape index (κ3) is 6.78. The lowest BCUT2D eigenvalue weighted by Gasteiger charge is -2.16. The second-order valence-corrected chi connectivity index (χ2v) is 5.73. The topological polar surface area (TPSA) is 89.5 Å². The number of unbranched alkanes of at least 4 members (excludes halogenated alkanes) is 7. The number of nitro groups is 1. The zero-order valence-electron chi connectivity index (χ0n) is 13.9. The zero-order valence-corrected chi connectivity index (χ0v) is 13.9. The molecule has 0 saturated carbocycles. The molecule has 6 nitrogen and oxygen atoms in total. The minimum Gasteiger partial charge on any atom is -0.273 e. The highest BCUT2D eigenvalue weighted by Gasteiger charge is 2.20. The van der Waals surface area contributed by atoms with Crippen LogP contribution >= 0.6 is 0 Å². The monoisotopic (exact) mass is 321 g/mol. The molecule has 0 aromatic heterocycles. The molecule has 0 radical (unpaired) electrons. The van der Waals surface area contributed by atoms with E-state index >= 15 is 0 Å². The Hall–Kier alpha value is -1.95. The highest BCUT2D eigenvalue weighted by molar-refractivity contribution is 5.94. The molecule has 0 fully saturated rings. The predicted molar refractivity (Wildman–Crippen MR) is 92.0 cm³/mol. The van der Waals surface area contributed by atoms with E-state index in [1.54, 1.807) is 12.1 Å². The molecular weight excluding hydrogens is 294 g/mol. The van der Waals surface area contributed by atoms with Crippen LogP contribution in [-0.4, -0.2) is 10.8 Å².